The van der Waals surface area contributed by atoms with E-state index in [4.69, 9.17) is 9.84 Å². The Morgan fingerprint density at radius 1 is 1.15 bits per heavy atom. The van der Waals surface area contributed by atoms with E-state index < -0.39 is 10.7 Å². The Morgan fingerprint density at radius 3 is 2.48 bits per heavy atom. The number of aliphatic carboxylic acids is 1. The summed E-state index contributed by atoms with van der Waals surface area (Å²) in [5, 5.41) is 11.8. The van der Waals surface area contributed by atoms with Gasteiger partial charge in [0.25, 0.3) is 0 Å². The molecule has 0 bridgehead atoms. The lowest BCUT2D eigenvalue weighted by atomic mass is 10.1. The van der Waals surface area contributed by atoms with Gasteiger partial charge in [0.2, 0.25) is 5.91 Å². The minimum atomic E-state index is -1.02. The topological polar surface area (TPSA) is 75.6 Å². The molecule has 0 unspecified atom stereocenters. The van der Waals surface area contributed by atoms with Crippen LogP contribution in [0.4, 0.5) is 5.69 Å². The van der Waals surface area contributed by atoms with E-state index in [1.165, 1.54) is 0 Å². The minimum absolute atomic E-state index is 0.0242. The number of ether oxygens (including phenoxy) is 1. The molecule has 0 aromatic heterocycles. The van der Waals surface area contributed by atoms with Gasteiger partial charge >= 0.3 is 5.97 Å². The van der Waals surface area contributed by atoms with Crippen LogP contribution in [-0.4, -0.2) is 28.3 Å². The largest absolute Gasteiger partial charge is 0.482 e. The van der Waals surface area contributed by atoms with Crippen LogP contribution < -0.4 is 10.1 Å². The molecule has 6 heteroatoms. The summed E-state index contributed by atoms with van der Waals surface area (Å²) >= 11 is 1.64. The smallest absolute Gasteiger partial charge is 0.341 e. The molecule has 0 atom stereocenters. The Kier molecular flexibility index (Phi) is 6.06. The average molecular weight is 385 g/mol. The fraction of sp³-hybridized carbons (Fsp3) is 0.333. The van der Waals surface area contributed by atoms with Gasteiger partial charge < -0.3 is 15.2 Å². The predicted octanol–water partition coefficient (Wildman–Crippen LogP) is 4.50. The van der Waals surface area contributed by atoms with E-state index in [-0.39, 0.29) is 12.5 Å². The summed E-state index contributed by atoms with van der Waals surface area (Å²) < 4.78 is 4.74. The van der Waals surface area contributed by atoms with Crippen LogP contribution in [0.5, 0.6) is 5.75 Å². The van der Waals surface area contributed by atoms with E-state index in [0.717, 1.165) is 41.8 Å². The zero-order valence-corrected chi connectivity index (χ0v) is 16.1. The van der Waals surface area contributed by atoms with Crippen LogP contribution in [0.1, 0.15) is 31.2 Å². The van der Waals surface area contributed by atoms with Crippen molar-refractivity contribution in [1.29, 1.82) is 0 Å². The number of anilines is 1. The molecular formula is C21H23NO4S. The molecule has 1 aliphatic carbocycles. The van der Waals surface area contributed by atoms with Crippen molar-refractivity contribution < 1.29 is 19.4 Å². The van der Waals surface area contributed by atoms with Crippen molar-refractivity contribution in [3.8, 4) is 5.75 Å². The average Bonchev–Trinajstić information content (AvgIpc) is 3.12. The lowest BCUT2D eigenvalue weighted by molar-refractivity contribution is -0.139. The van der Waals surface area contributed by atoms with Gasteiger partial charge in [0, 0.05) is 10.6 Å². The molecule has 1 fully saturated rings. The number of carboxylic acid groups (broad SMARTS) is 1. The van der Waals surface area contributed by atoms with Gasteiger partial charge in [-0.2, -0.15) is 0 Å². The summed E-state index contributed by atoms with van der Waals surface area (Å²) in [5.74, 6) is -0.524. The quantitative estimate of drug-likeness (QED) is 0.734. The highest BCUT2D eigenvalue weighted by Gasteiger charge is 2.42. The van der Waals surface area contributed by atoms with Crippen LogP contribution in [0.25, 0.3) is 0 Å². The SMILES string of the molecule is Cc1cc(OCC(=O)O)ccc1NC(=O)C1(Sc2ccccc2)CCCC1. The molecule has 2 aromatic carbocycles. The van der Waals surface area contributed by atoms with E-state index >= 15 is 0 Å². The van der Waals surface area contributed by atoms with Crippen LogP contribution in [-0.2, 0) is 9.59 Å². The Labute approximate surface area is 163 Å². The zero-order chi connectivity index (χ0) is 19.3. The van der Waals surface area contributed by atoms with Crippen LogP contribution in [0.15, 0.2) is 53.4 Å². The lowest BCUT2D eigenvalue weighted by Gasteiger charge is -2.27. The number of benzene rings is 2. The van der Waals surface area contributed by atoms with Crippen LogP contribution >= 0.6 is 11.8 Å². The summed E-state index contributed by atoms with van der Waals surface area (Å²) in [6, 6.07) is 15.2. The molecule has 0 saturated heterocycles. The van der Waals surface area contributed by atoms with Gasteiger partial charge in [-0.3, -0.25) is 4.79 Å². The molecule has 0 radical (unpaired) electrons. The maximum atomic E-state index is 13.2. The normalized spacial score (nSPS) is 15.3. The molecule has 1 aliphatic rings. The number of rotatable bonds is 7. The van der Waals surface area contributed by atoms with Crippen molar-refractivity contribution in [3.63, 3.8) is 0 Å². The Bertz CT molecular complexity index is 816. The summed E-state index contributed by atoms with van der Waals surface area (Å²) in [6.45, 7) is 1.48. The van der Waals surface area contributed by atoms with E-state index in [1.807, 2.05) is 37.3 Å². The van der Waals surface area contributed by atoms with Crippen molar-refractivity contribution in [3.05, 3.63) is 54.1 Å². The number of nitrogens with one attached hydrogen (secondary N) is 1. The second kappa shape index (κ2) is 8.48. The number of amides is 1. The zero-order valence-electron chi connectivity index (χ0n) is 15.2. The van der Waals surface area contributed by atoms with Crippen LogP contribution in [0.2, 0.25) is 0 Å². The van der Waals surface area contributed by atoms with Gasteiger partial charge in [-0.1, -0.05) is 31.0 Å². The highest BCUT2D eigenvalue weighted by atomic mass is 32.2. The summed E-state index contributed by atoms with van der Waals surface area (Å²) in [4.78, 5) is 24.9. The summed E-state index contributed by atoms with van der Waals surface area (Å²) in [6.07, 6.45) is 3.82. The molecule has 0 heterocycles. The minimum Gasteiger partial charge on any atom is -0.482 e. The van der Waals surface area contributed by atoms with E-state index in [9.17, 15) is 9.59 Å². The first-order chi connectivity index (χ1) is 13.0. The molecular weight excluding hydrogens is 362 g/mol. The van der Waals surface area contributed by atoms with Gasteiger partial charge in [0.05, 0.1) is 4.75 Å². The molecule has 5 nitrogen and oxygen atoms in total. The van der Waals surface area contributed by atoms with Gasteiger partial charge in [0.15, 0.2) is 6.61 Å². The molecule has 142 valence electrons. The molecule has 1 saturated carbocycles. The summed E-state index contributed by atoms with van der Waals surface area (Å²) in [5.41, 5.74) is 1.56. The molecule has 3 rings (SSSR count). The standard InChI is InChI=1S/C21H23NO4S/c1-15-13-16(26-14-19(23)24)9-10-18(15)22-20(25)21(11-5-6-12-21)27-17-7-3-2-4-8-17/h2-4,7-10,13H,5-6,11-12,14H2,1H3,(H,22,25)(H,23,24). The van der Waals surface area contributed by atoms with Gasteiger partial charge in [-0.05, 0) is 55.7 Å². The first kappa shape index (κ1) is 19.3. The van der Waals surface area contributed by atoms with E-state index in [0.29, 0.717) is 5.75 Å². The lowest BCUT2D eigenvalue weighted by Crippen LogP contribution is -2.37. The van der Waals surface area contributed by atoms with Crippen molar-refractivity contribution >= 4 is 29.3 Å². The third-order valence-corrected chi connectivity index (χ3v) is 6.18. The Balaban J connectivity index is 1.73. The van der Waals surface area contributed by atoms with Crippen molar-refractivity contribution in [2.75, 3.05) is 11.9 Å². The number of carbonyl (C=O) groups is 2. The number of carboxylic acids is 1. The highest BCUT2D eigenvalue weighted by Crippen LogP contribution is 2.46. The van der Waals surface area contributed by atoms with Crippen molar-refractivity contribution in [1.82, 2.24) is 0 Å². The molecule has 2 aromatic rings. The van der Waals surface area contributed by atoms with E-state index in [1.54, 1.807) is 30.0 Å². The molecule has 27 heavy (non-hydrogen) atoms. The van der Waals surface area contributed by atoms with Gasteiger partial charge in [-0.25, -0.2) is 4.79 Å². The number of aryl methyl sites for hydroxylation is 1. The first-order valence-electron chi connectivity index (χ1n) is 8.99. The second-order valence-electron chi connectivity index (χ2n) is 6.73. The summed E-state index contributed by atoms with van der Waals surface area (Å²) in [7, 11) is 0. The number of thioether (sulfide) groups is 1. The van der Waals surface area contributed by atoms with E-state index in [2.05, 4.69) is 5.32 Å². The number of hydrogen-bond acceptors (Lipinski definition) is 4. The van der Waals surface area contributed by atoms with Gasteiger partial charge in [0.1, 0.15) is 5.75 Å². The fourth-order valence-electron chi connectivity index (χ4n) is 3.28. The van der Waals surface area contributed by atoms with Crippen molar-refractivity contribution in [2.24, 2.45) is 0 Å². The predicted molar refractivity (Wildman–Crippen MR) is 106 cm³/mol. The second-order valence-corrected chi connectivity index (χ2v) is 8.19. The van der Waals surface area contributed by atoms with Crippen LogP contribution in [0.3, 0.4) is 0 Å². The molecule has 1 amide bonds. The van der Waals surface area contributed by atoms with Gasteiger partial charge in [-0.15, -0.1) is 11.8 Å². The fourth-order valence-corrected chi connectivity index (χ4v) is 4.66. The maximum absolute atomic E-state index is 13.2. The third-order valence-electron chi connectivity index (χ3n) is 4.69. The monoisotopic (exact) mass is 385 g/mol. The third kappa shape index (κ3) is 4.83. The molecule has 2 N–H and O–H groups in total. The Morgan fingerprint density at radius 2 is 1.85 bits per heavy atom. The Hall–Kier alpha value is -2.47. The molecule has 0 spiro atoms. The highest BCUT2D eigenvalue weighted by molar-refractivity contribution is 8.01. The molecule has 0 aliphatic heterocycles. The maximum Gasteiger partial charge on any atom is 0.341 e. The number of carbonyl (C=O) groups excluding carboxylic acids is 1. The number of hydrogen-bond donors (Lipinski definition) is 2. The van der Waals surface area contributed by atoms with Crippen molar-refractivity contribution in [2.45, 2.75) is 42.2 Å². The van der Waals surface area contributed by atoms with Crippen LogP contribution in [0, 0.1) is 6.92 Å². The first-order valence-corrected chi connectivity index (χ1v) is 9.81.